The van der Waals surface area contributed by atoms with Gasteiger partial charge < -0.3 is 19.3 Å². The Hall–Kier alpha value is -2.64. The fourth-order valence-corrected chi connectivity index (χ4v) is 2.41. The van der Waals surface area contributed by atoms with Crippen LogP contribution in [0, 0.1) is 5.92 Å². The maximum atomic E-state index is 11.0. The quantitative estimate of drug-likeness (QED) is 0.905. The fourth-order valence-electron chi connectivity index (χ4n) is 2.41. The van der Waals surface area contributed by atoms with Crippen molar-refractivity contribution in [3.8, 4) is 17.3 Å². The third-order valence-corrected chi connectivity index (χ3v) is 3.73. The van der Waals surface area contributed by atoms with Gasteiger partial charge in [0.05, 0.1) is 13.0 Å². The second-order valence-electron chi connectivity index (χ2n) is 5.09. The minimum atomic E-state index is -0.741. The predicted molar refractivity (Wildman–Crippen MR) is 76.7 cm³/mol. The zero-order chi connectivity index (χ0) is 15.5. The van der Waals surface area contributed by atoms with Crippen molar-refractivity contribution in [1.82, 2.24) is 15.1 Å². The molecule has 0 bridgehead atoms. The SMILES string of the molecule is COc1ccc(-c2noc(N3CCC(C(=O)O)CC3)n2)cn1. The van der Waals surface area contributed by atoms with Crippen LogP contribution < -0.4 is 9.64 Å². The van der Waals surface area contributed by atoms with E-state index in [0.29, 0.717) is 43.7 Å². The highest BCUT2D eigenvalue weighted by molar-refractivity contribution is 5.70. The molecule has 0 spiro atoms. The van der Waals surface area contributed by atoms with E-state index < -0.39 is 5.97 Å². The fraction of sp³-hybridized carbons (Fsp3) is 0.429. The number of aromatic nitrogens is 3. The van der Waals surface area contributed by atoms with Crippen LogP contribution in [0.25, 0.3) is 11.4 Å². The highest BCUT2D eigenvalue weighted by atomic mass is 16.5. The number of anilines is 1. The first kappa shape index (κ1) is 14.3. The molecule has 0 amide bonds. The predicted octanol–water partition coefficient (Wildman–Crippen LogP) is 1.44. The third-order valence-electron chi connectivity index (χ3n) is 3.73. The lowest BCUT2D eigenvalue weighted by Crippen LogP contribution is -2.36. The van der Waals surface area contributed by atoms with Crippen LogP contribution in [0.3, 0.4) is 0 Å². The van der Waals surface area contributed by atoms with Gasteiger partial charge in [-0.1, -0.05) is 5.16 Å². The van der Waals surface area contributed by atoms with Crippen LogP contribution in [0.2, 0.25) is 0 Å². The van der Waals surface area contributed by atoms with Gasteiger partial charge in [-0.25, -0.2) is 4.98 Å². The summed E-state index contributed by atoms with van der Waals surface area (Å²) < 4.78 is 10.3. The molecule has 0 radical (unpaired) electrons. The van der Waals surface area contributed by atoms with Crippen molar-refractivity contribution in [3.05, 3.63) is 18.3 Å². The summed E-state index contributed by atoms with van der Waals surface area (Å²) in [6, 6.07) is 3.94. The van der Waals surface area contributed by atoms with Gasteiger partial charge in [0.25, 0.3) is 0 Å². The van der Waals surface area contributed by atoms with E-state index in [1.807, 2.05) is 4.90 Å². The molecule has 116 valence electrons. The Morgan fingerprint density at radius 3 is 2.77 bits per heavy atom. The molecule has 8 nitrogen and oxygen atoms in total. The van der Waals surface area contributed by atoms with Crippen molar-refractivity contribution in [1.29, 1.82) is 0 Å². The number of aliphatic carboxylic acids is 1. The Morgan fingerprint density at radius 1 is 1.41 bits per heavy atom. The zero-order valence-corrected chi connectivity index (χ0v) is 12.1. The number of pyridine rings is 1. The molecule has 1 saturated heterocycles. The molecule has 0 saturated carbocycles. The van der Waals surface area contributed by atoms with Crippen molar-refractivity contribution in [2.24, 2.45) is 5.92 Å². The molecule has 1 aliphatic heterocycles. The summed E-state index contributed by atoms with van der Waals surface area (Å²) in [4.78, 5) is 21.3. The number of methoxy groups -OCH3 is 1. The molecule has 1 N–H and O–H groups in total. The number of hydrogen-bond donors (Lipinski definition) is 1. The molecule has 1 aliphatic rings. The van der Waals surface area contributed by atoms with Gasteiger partial charge in [0.1, 0.15) is 0 Å². The Labute approximate surface area is 126 Å². The first-order valence-corrected chi connectivity index (χ1v) is 6.99. The molecular formula is C14H16N4O4. The minimum absolute atomic E-state index is 0.288. The standard InChI is InChI=1S/C14H16N4O4/c1-21-11-3-2-10(8-15-11)12-16-14(22-17-12)18-6-4-9(5-7-18)13(19)20/h2-3,8-9H,4-7H2,1H3,(H,19,20). The third kappa shape index (κ3) is 2.85. The number of carboxylic acid groups (broad SMARTS) is 1. The normalized spacial score (nSPS) is 15.8. The van der Waals surface area contributed by atoms with Crippen molar-refractivity contribution >= 4 is 12.0 Å². The van der Waals surface area contributed by atoms with Crippen LogP contribution in [0.1, 0.15) is 12.8 Å². The molecule has 3 heterocycles. The van der Waals surface area contributed by atoms with Crippen LogP contribution in [-0.2, 0) is 4.79 Å². The summed E-state index contributed by atoms with van der Waals surface area (Å²) >= 11 is 0. The lowest BCUT2D eigenvalue weighted by molar-refractivity contribution is -0.142. The van der Waals surface area contributed by atoms with Gasteiger partial charge in [-0.05, 0) is 18.9 Å². The van der Waals surface area contributed by atoms with E-state index in [2.05, 4.69) is 15.1 Å². The average molecular weight is 304 g/mol. The maximum absolute atomic E-state index is 11.0. The molecule has 0 atom stereocenters. The summed E-state index contributed by atoms with van der Waals surface area (Å²) in [7, 11) is 1.55. The average Bonchev–Trinajstić information content (AvgIpc) is 3.05. The van der Waals surface area contributed by atoms with Crippen molar-refractivity contribution < 1.29 is 19.2 Å². The van der Waals surface area contributed by atoms with E-state index in [1.54, 1.807) is 25.4 Å². The molecular weight excluding hydrogens is 288 g/mol. The molecule has 8 heteroatoms. The van der Waals surface area contributed by atoms with Crippen molar-refractivity contribution in [2.45, 2.75) is 12.8 Å². The molecule has 0 unspecified atom stereocenters. The Balaban J connectivity index is 1.70. The topological polar surface area (TPSA) is 102 Å². The van der Waals surface area contributed by atoms with E-state index in [4.69, 9.17) is 14.4 Å². The van der Waals surface area contributed by atoms with Crippen LogP contribution in [-0.4, -0.2) is 46.4 Å². The summed E-state index contributed by atoms with van der Waals surface area (Å²) in [6.45, 7) is 1.19. The lowest BCUT2D eigenvalue weighted by Gasteiger charge is -2.28. The number of hydrogen-bond acceptors (Lipinski definition) is 7. The van der Waals surface area contributed by atoms with E-state index in [0.717, 1.165) is 5.56 Å². The van der Waals surface area contributed by atoms with Gasteiger partial charge in [0.2, 0.25) is 11.7 Å². The summed E-state index contributed by atoms with van der Waals surface area (Å²) in [5, 5.41) is 12.9. The molecule has 1 fully saturated rings. The van der Waals surface area contributed by atoms with Gasteiger partial charge in [-0.15, -0.1) is 0 Å². The van der Waals surface area contributed by atoms with E-state index in [1.165, 1.54) is 0 Å². The Kier molecular flexibility index (Phi) is 3.90. The number of carbonyl (C=O) groups is 1. The smallest absolute Gasteiger partial charge is 0.324 e. The van der Waals surface area contributed by atoms with Gasteiger partial charge >= 0.3 is 12.0 Å². The number of rotatable bonds is 4. The molecule has 22 heavy (non-hydrogen) atoms. The second kappa shape index (κ2) is 6.00. The first-order valence-electron chi connectivity index (χ1n) is 6.99. The van der Waals surface area contributed by atoms with Crippen LogP contribution in [0.5, 0.6) is 5.88 Å². The van der Waals surface area contributed by atoms with Crippen LogP contribution in [0.15, 0.2) is 22.9 Å². The molecule has 2 aromatic heterocycles. The minimum Gasteiger partial charge on any atom is -0.481 e. The van der Waals surface area contributed by atoms with Crippen LogP contribution >= 0.6 is 0 Å². The lowest BCUT2D eigenvalue weighted by atomic mass is 9.97. The largest absolute Gasteiger partial charge is 0.481 e. The summed E-state index contributed by atoms with van der Waals surface area (Å²) in [6.07, 6.45) is 2.78. The number of nitrogens with zero attached hydrogens (tertiary/aromatic N) is 4. The highest BCUT2D eigenvalue weighted by Gasteiger charge is 2.27. The van der Waals surface area contributed by atoms with E-state index in [-0.39, 0.29) is 5.92 Å². The van der Waals surface area contributed by atoms with Gasteiger partial charge in [-0.2, -0.15) is 4.98 Å². The molecule has 0 aromatic carbocycles. The molecule has 0 aliphatic carbocycles. The number of piperidine rings is 1. The second-order valence-corrected chi connectivity index (χ2v) is 5.09. The zero-order valence-electron chi connectivity index (χ0n) is 12.1. The van der Waals surface area contributed by atoms with Crippen LogP contribution in [0.4, 0.5) is 6.01 Å². The highest BCUT2D eigenvalue weighted by Crippen LogP contribution is 2.25. The van der Waals surface area contributed by atoms with Gasteiger partial charge in [0.15, 0.2) is 0 Å². The Bertz CT molecular complexity index is 647. The summed E-state index contributed by atoms with van der Waals surface area (Å²) in [5.74, 6) is -0.0617. The molecule has 2 aromatic rings. The molecule has 3 rings (SSSR count). The number of carboxylic acids is 1. The number of ether oxygens (including phenoxy) is 1. The maximum Gasteiger partial charge on any atom is 0.324 e. The first-order chi connectivity index (χ1) is 10.7. The van der Waals surface area contributed by atoms with Crippen molar-refractivity contribution in [3.63, 3.8) is 0 Å². The Morgan fingerprint density at radius 2 is 2.18 bits per heavy atom. The summed E-state index contributed by atoms with van der Waals surface area (Å²) in [5.41, 5.74) is 0.733. The van der Waals surface area contributed by atoms with Crippen molar-refractivity contribution in [2.75, 3.05) is 25.1 Å². The van der Waals surface area contributed by atoms with E-state index in [9.17, 15) is 4.79 Å². The van der Waals surface area contributed by atoms with E-state index >= 15 is 0 Å². The van der Waals surface area contributed by atoms with Gasteiger partial charge in [-0.3, -0.25) is 4.79 Å². The monoisotopic (exact) mass is 304 g/mol. The van der Waals surface area contributed by atoms with Gasteiger partial charge in [0, 0.05) is 30.9 Å².